The van der Waals surface area contributed by atoms with Gasteiger partial charge in [0.25, 0.3) is 11.8 Å². The van der Waals surface area contributed by atoms with Crippen molar-refractivity contribution in [3.8, 4) is 0 Å². The molecule has 200 valence electrons. The number of aliphatic carboxylic acids is 1. The number of thiophene rings is 1. The number of benzene rings is 3. The van der Waals surface area contributed by atoms with E-state index in [-0.39, 0.29) is 17.7 Å². The van der Waals surface area contributed by atoms with Crippen LogP contribution in [0.3, 0.4) is 0 Å². The van der Waals surface area contributed by atoms with E-state index in [9.17, 15) is 32.7 Å². The number of carbonyl (C=O) groups is 3. The number of hydrogen-bond acceptors (Lipinski definition) is 4. The van der Waals surface area contributed by atoms with Gasteiger partial charge in [-0.1, -0.05) is 54.1 Å². The SMILES string of the molecule is O=C(NC(Cc1ccc(Cl)cc1)C(=O)O)/C(=C\c1ccc(C(F)(F)F)cc1)NC(=O)c1cc2ccccc2s1. The van der Waals surface area contributed by atoms with Crippen LogP contribution in [-0.4, -0.2) is 28.9 Å². The number of fused-ring (bicyclic) bond motifs is 1. The topological polar surface area (TPSA) is 95.5 Å². The van der Waals surface area contributed by atoms with Crippen LogP contribution >= 0.6 is 22.9 Å². The van der Waals surface area contributed by atoms with Gasteiger partial charge in [0, 0.05) is 16.1 Å². The Bertz CT molecular complexity index is 1510. The second kappa shape index (κ2) is 11.7. The van der Waals surface area contributed by atoms with Gasteiger partial charge in [-0.2, -0.15) is 13.2 Å². The normalized spacial score (nSPS) is 12.7. The van der Waals surface area contributed by atoms with Crippen molar-refractivity contribution in [3.05, 3.63) is 111 Å². The highest BCUT2D eigenvalue weighted by Crippen LogP contribution is 2.29. The Kier molecular flexibility index (Phi) is 8.37. The molecule has 4 rings (SSSR count). The Hall–Kier alpha value is -4.15. The van der Waals surface area contributed by atoms with Crippen LogP contribution in [-0.2, 0) is 22.2 Å². The van der Waals surface area contributed by atoms with Gasteiger partial charge in [-0.3, -0.25) is 9.59 Å². The van der Waals surface area contributed by atoms with E-state index in [1.807, 2.05) is 24.3 Å². The van der Waals surface area contributed by atoms with Crippen LogP contribution in [0.25, 0.3) is 16.2 Å². The molecule has 0 bridgehead atoms. The first-order valence-electron chi connectivity index (χ1n) is 11.5. The summed E-state index contributed by atoms with van der Waals surface area (Å²) in [5.74, 6) is -2.87. The van der Waals surface area contributed by atoms with Gasteiger partial charge in [-0.15, -0.1) is 11.3 Å². The van der Waals surface area contributed by atoms with Crippen LogP contribution in [0.2, 0.25) is 5.02 Å². The van der Waals surface area contributed by atoms with Crippen LogP contribution in [0.4, 0.5) is 13.2 Å². The molecule has 11 heteroatoms. The molecular weight excluding hydrogens is 553 g/mol. The molecule has 0 radical (unpaired) electrons. The zero-order chi connectivity index (χ0) is 28.2. The largest absolute Gasteiger partial charge is 0.480 e. The van der Waals surface area contributed by atoms with Gasteiger partial charge in [0.05, 0.1) is 10.4 Å². The predicted molar refractivity (Wildman–Crippen MR) is 143 cm³/mol. The smallest absolute Gasteiger partial charge is 0.416 e. The molecular formula is C28H20ClF3N2O4S. The number of rotatable bonds is 8. The van der Waals surface area contributed by atoms with E-state index in [0.29, 0.717) is 15.5 Å². The molecule has 2 amide bonds. The molecule has 3 N–H and O–H groups in total. The number of alkyl halides is 3. The van der Waals surface area contributed by atoms with Crippen molar-refractivity contribution in [2.24, 2.45) is 0 Å². The van der Waals surface area contributed by atoms with E-state index in [4.69, 9.17) is 11.6 Å². The molecule has 0 saturated carbocycles. The van der Waals surface area contributed by atoms with E-state index in [1.54, 1.807) is 30.3 Å². The maximum atomic E-state index is 13.2. The summed E-state index contributed by atoms with van der Waals surface area (Å²) in [6.45, 7) is 0. The minimum Gasteiger partial charge on any atom is -0.480 e. The van der Waals surface area contributed by atoms with E-state index in [1.165, 1.54) is 17.4 Å². The quantitative estimate of drug-likeness (QED) is 0.221. The summed E-state index contributed by atoms with van der Waals surface area (Å²) < 4.78 is 39.8. The molecule has 0 spiro atoms. The minimum atomic E-state index is -4.55. The van der Waals surface area contributed by atoms with Gasteiger partial charge in [0.1, 0.15) is 11.7 Å². The molecule has 0 aliphatic rings. The Balaban J connectivity index is 1.62. The molecule has 1 unspecified atom stereocenters. The first-order valence-corrected chi connectivity index (χ1v) is 12.7. The van der Waals surface area contributed by atoms with E-state index >= 15 is 0 Å². The van der Waals surface area contributed by atoms with E-state index < -0.39 is 35.6 Å². The van der Waals surface area contributed by atoms with Crippen molar-refractivity contribution in [2.45, 2.75) is 18.6 Å². The molecule has 0 saturated heterocycles. The third-order valence-electron chi connectivity index (χ3n) is 5.65. The molecule has 1 atom stereocenters. The molecule has 1 aromatic heterocycles. The zero-order valence-corrected chi connectivity index (χ0v) is 21.5. The molecule has 4 aromatic rings. The number of carboxylic acid groups (broad SMARTS) is 1. The summed E-state index contributed by atoms with van der Waals surface area (Å²) in [4.78, 5) is 38.5. The van der Waals surface area contributed by atoms with Crippen molar-refractivity contribution < 1.29 is 32.7 Å². The van der Waals surface area contributed by atoms with Crippen molar-refractivity contribution in [3.63, 3.8) is 0 Å². The highest BCUT2D eigenvalue weighted by atomic mass is 35.5. The predicted octanol–water partition coefficient (Wildman–Crippen LogP) is 6.16. The molecule has 3 aromatic carbocycles. The third kappa shape index (κ3) is 7.24. The highest BCUT2D eigenvalue weighted by Gasteiger charge is 2.30. The van der Waals surface area contributed by atoms with Gasteiger partial charge in [-0.25, -0.2) is 4.79 Å². The lowest BCUT2D eigenvalue weighted by Crippen LogP contribution is -2.45. The lowest BCUT2D eigenvalue weighted by Gasteiger charge is -2.17. The maximum Gasteiger partial charge on any atom is 0.416 e. The fourth-order valence-electron chi connectivity index (χ4n) is 3.66. The standard InChI is InChI=1S/C28H20ClF3N2O4S/c29-20-11-7-17(8-12-20)14-22(27(37)38)34-25(35)21(13-16-5-9-19(10-6-16)28(30,31)32)33-26(36)24-15-18-3-1-2-4-23(18)39-24/h1-13,15,22H,14H2,(H,33,36)(H,34,35)(H,37,38)/b21-13+. The molecule has 0 aliphatic heterocycles. The van der Waals surface area contributed by atoms with Crippen molar-refractivity contribution in [2.75, 3.05) is 0 Å². The van der Waals surface area contributed by atoms with Gasteiger partial charge in [0.15, 0.2) is 0 Å². The Morgan fingerprint density at radius 1 is 0.974 bits per heavy atom. The zero-order valence-electron chi connectivity index (χ0n) is 20.0. The summed E-state index contributed by atoms with van der Waals surface area (Å²) in [5.41, 5.74) is -0.433. The number of nitrogens with one attached hydrogen (secondary N) is 2. The molecule has 0 fully saturated rings. The number of carbonyl (C=O) groups excluding carboxylic acids is 2. The fraction of sp³-hybridized carbons (Fsp3) is 0.107. The number of carboxylic acids is 1. The van der Waals surface area contributed by atoms with Crippen molar-refractivity contribution >= 4 is 56.9 Å². The molecule has 0 aliphatic carbocycles. The van der Waals surface area contributed by atoms with Gasteiger partial charge in [0.2, 0.25) is 0 Å². The van der Waals surface area contributed by atoms with E-state index in [2.05, 4.69) is 10.6 Å². The number of hydrogen-bond donors (Lipinski definition) is 3. The summed E-state index contributed by atoms with van der Waals surface area (Å²) in [6, 6.07) is 17.9. The molecule has 39 heavy (non-hydrogen) atoms. The van der Waals surface area contributed by atoms with E-state index in [0.717, 1.165) is 34.4 Å². The summed E-state index contributed by atoms with van der Waals surface area (Å²) in [7, 11) is 0. The second-order valence-corrected chi connectivity index (χ2v) is 10.00. The minimum absolute atomic E-state index is 0.0734. The van der Waals surface area contributed by atoms with Gasteiger partial charge in [-0.05, 0) is 59.0 Å². The average Bonchev–Trinajstić information content (AvgIpc) is 3.33. The average molecular weight is 573 g/mol. The van der Waals surface area contributed by atoms with Crippen LogP contribution in [0.15, 0.2) is 84.6 Å². The van der Waals surface area contributed by atoms with Crippen LogP contribution in [0, 0.1) is 0 Å². The Morgan fingerprint density at radius 3 is 2.26 bits per heavy atom. The monoisotopic (exact) mass is 572 g/mol. The first kappa shape index (κ1) is 27.9. The first-order chi connectivity index (χ1) is 18.5. The van der Waals surface area contributed by atoms with Crippen LogP contribution < -0.4 is 10.6 Å². The van der Waals surface area contributed by atoms with Crippen molar-refractivity contribution in [1.82, 2.24) is 10.6 Å². The van der Waals surface area contributed by atoms with Crippen LogP contribution in [0.5, 0.6) is 0 Å². The van der Waals surface area contributed by atoms with Crippen LogP contribution in [0.1, 0.15) is 26.4 Å². The lowest BCUT2D eigenvalue weighted by atomic mass is 10.1. The summed E-state index contributed by atoms with van der Waals surface area (Å²) in [6.07, 6.45) is -3.44. The fourth-order valence-corrected chi connectivity index (χ4v) is 4.75. The Morgan fingerprint density at radius 2 is 1.64 bits per heavy atom. The third-order valence-corrected chi connectivity index (χ3v) is 7.01. The molecule has 6 nitrogen and oxygen atoms in total. The highest BCUT2D eigenvalue weighted by molar-refractivity contribution is 7.20. The molecule has 1 heterocycles. The maximum absolute atomic E-state index is 13.2. The lowest BCUT2D eigenvalue weighted by molar-refractivity contribution is -0.141. The summed E-state index contributed by atoms with van der Waals surface area (Å²) in [5, 5.41) is 15.9. The van der Waals surface area contributed by atoms with Gasteiger partial charge >= 0.3 is 12.1 Å². The number of amides is 2. The second-order valence-electron chi connectivity index (χ2n) is 8.48. The van der Waals surface area contributed by atoms with Gasteiger partial charge < -0.3 is 15.7 Å². The Labute approximate surface area is 229 Å². The van der Waals surface area contributed by atoms with Crippen molar-refractivity contribution in [1.29, 1.82) is 0 Å². The number of halogens is 4. The summed E-state index contributed by atoms with van der Waals surface area (Å²) >= 11 is 7.07.